The van der Waals surface area contributed by atoms with Crippen molar-refractivity contribution in [2.75, 3.05) is 16.4 Å². The van der Waals surface area contributed by atoms with Crippen molar-refractivity contribution in [1.29, 1.82) is 0 Å². The van der Waals surface area contributed by atoms with Crippen LogP contribution in [0.15, 0.2) is 40.3 Å². The van der Waals surface area contributed by atoms with Crippen molar-refractivity contribution in [3.63, 3.8) is 0 Å². The molecule has 0 aliphatic carbocycles. The highest BCUT2D eigenvalue weighted by atomic mass is 32.2. The summed E-state index contributed by atoms with van der Waals surface area (Å²) >= 11 is 1.23. The maximum atomic E-state index is 13.0. The normalized spacial score (nSPS) is 12.0. The number of aryl methyl sites for hydroxylation is 1. The van der Waals surface area contributed by atoms with Gasteiger partial charge < -0.3 is 15.6 Å². The summed E-state index contributed by atoms with van der Waals surface area (Å²) in [4.78, 5) is 44.3. The molecule has 3 N–H and O–H groups in total. The SMILES string of the molecule is CC[C@H](C)n1c(SCC(=O)Nc2cccc(NC(C)=O)c2)nc2cc(C)[nH]c2c1=O. The molecule has 0 aliphatic rings. The summed E-state index contributed by atoms with van der Waals surface area (Å²) in [5.74, 6) is -0.309. The number of anilines is 2. The van der Waals surface area contributed by atoms with Gasteiger partial charge in [-0.2, -0.15) is 0 Å². The molecule has 1 atom stereocenters. The van der Waals surface area contributed by atoms with Gasteiger partial charge in [0.2, 0.25) is 11.8 Å². The van der Waals surface area contributed by atoms with Crippen LogP contribution in [0.4, 0.5) is 11.4 Å². The van der Waals surface area contributed by atoms with Gasteiger partial charge in [-0.15, -0.1) is 0 Å². The second-order valence-electron chi connectivity index (χ2n) is 7.14. The Morgan fingerprint density at radius 3 is 2.60 bits per heavy atom. The number of benzene rings is 1. The summed E-state index contributed by atoms with van der Waals surface area (Å²) in [6.07, 6.45) is 0.766. The molecule has 8 nitrogen and oxygen atoms in total. The molecule has 0 fully saturated rings. The number of hydrogen-bond acceptors (Lipinski definition) is 5. The minimum absolute atomic E-state index is 0.0436. The Bertz CT molecular complexity index is 1150. The number of fused-ring (bicyclic) bond motifs is 1. The molecular formula is C21H25N5O3S. The maximum Gasteiger partial charge on any atom is 0.278 e. The zero-order valence-electron chi connectivity index (χ0n) is 17.4. The van der Waals surface area contributed by atoms with Gasteiger partial charge in [-0.05, 0) is 44.5 Å². The molecule has 2 aromatic heterocycles. The van der Waals surface area contributed by atoms with E-state index in [4.69, 9.17) is 0 Å². The number of nitrogens with zero attached hydrogens (tertiary/aromatic N) is 2. The van der Waals surface area contributed by atoms with Gasteiger partial charge in [0.25, 0.3) is 5.56 Å². The van der Waals surface area contributed by atoms with Crippen molar-refractivity contribution < 1.29 is 9.59 Å². The fraction of sp³-hybridized carbons (Fsp3) is 0.333. The second-order valence-corrected chi connectivity index (χ2v) is 8.08. The lowest BCUT2D eigenvalue weighted by Crippen LogP contribution is -2.26. The predicted molar refractivity (Wildman–Crippen MR) is 120 cm³/mol. The molecule has 0 saturated carbocycles. The van der Waals surface area contributed by atoms with Crippen LogP contribution in [0.2, 0.25) is 0 Å². The molecule has 0 bridgehead atoms. The topological polar surface area (TPSA) is 109 Å². The van der Waals surface area contributed by atoms with Gasteiger partial charge in [-0.1, -0.05) is 24.8 Å². The molecule has 2 heterocycles. The number of aromatic amines is 1. The highest BCUT2D eigenvalue weighted by Crippen LogP contribution is 2.23. The maximum absolute atomic E-state index is 13.0. The van der Waals surface area contributed by atoms with Crippen LogP contribution in [0.25, 0.3) is 11.0 Å². The Kier molecular flexibility index (Phi) is 6.61. The second kappa shape index (κ2) is 9.17. The summed E-state index contributed by atoms with van der Waals surface area (Å²) in [5, 5.41) is 6.01. The van der Waals surface area contributed by atoms with E-state index in [-0.39, 0.29) is 29.2 Å². The number of H-pyrrole nitrogens is 1. The molecule has 0 radical (unpaired) electrons. The number of thioether (sulfide) groups is 1. The Morgan fingerprint density at radius 1 is 1.23 bits per heavy atom. The van der Waals surface area contributed by atoms with Gasteiger partial charge in [0, 0.05) is 30.0 Å². The van der Waals surface area contributed by atoms with E-state index in [1.54, 1.807) is 28.8 Å². The first-order chi connectivity index (χ1) is 14.3. The van der Waals surface area contributed by atoms with Crippen molar-refractivity contribution in [2.45, 2.75) is 45.3 Å². The molecule has 0 saturated heterocycles. The molecule has 1 aromatic carbocycles. The van der Waals surface area contributed by atoms with Crippen molar-refractivity contribution in [2.24, 2.45) is 0 Å². The van der Waals surface area contributed by atoms with Crippen LogP contribution in [0.1, 0.15) is 38.9 Å². The summed E-state index contributed by atoms with van der Waals surface area (Å²) in [6, 6.07) is 8.71. The Hall–Kier alpha value is -3.07. The summed E-state index contributed by atoms with van der Waals surface area (Å²) < 4.78 is 1.65. The van der Waals surface area contributed by atoms with Crippen LogP contribution in [-0.2, 0) is 9.59 Å². The van der Waals surface area contributed by atoms with E-state index >= 15 is 0 Å². The van der Waals surface area contributed by atoms with E-state index in [9.17, 15) is 14.4 Å². The lowest BCUT2D eigenvalue weighted by Gasteiger charge is -2.17. The highest BCUT2D eigenvalue weighted by molar-refractivity contribution is 7.99. The summed E-state index contributed by atoms with van der Waals surface area (Å²) in [7, 11) is 0. The Labute approximate surface area is 178 Å². The van der Waals surface area contributed by atoms with Crippen LogP contribution in [-0.4, -0.2) is 32.1 Å². The van der Waals surface area contributed by atoms with E-state index in [1.165, 1.54) is 18.7 Å². The molecule has 0 unspecified atom stereocenters. The first kappa shape index (κ1) is 21.6. The van der Waals surface area contributed by atoms with E-state index in [1.807, 2.05) is 26.8 Å². The van der Waals surface area contributed by atoms with Gasteiger partial charge in [0.15, 0.2) is 5.16 Å². The number of hydrogen-bond donors (Lipinski definition) is 3. The van der Waals surface area contributed by atoms with Crippen LogP contribution < -0.4 is 16.2 Å². The minimum Gasteiger partial charge on any atom is -0.353 e. The molecule has 2 amide bonds. The molecule has 30 heavy (non-hydrogen) atoms. The Morgan fingerprint density at radius 2 is 1.93 bits per heavy atom. The van der Waals surface area contributed by atoms with Crippen LogP contribution in [0.3, 0.4) is 0 Å². The van der Waals surface area contributed by atoms with E-state index in [2.05, 4.69) is 20.6 Å². The lowest BCUT2D eigenvalue weighted by molar-refractivity contribution is -0.114. The van der Waals surface area contributed by atoms with Crippen molar-refractivity contribution in [3.8, 4) is 0 Å². The van der Waals surface area contributed by atoms with Crippen LogP contribution in [0.5, 0.6) is 0 Å². The van der Waals surface area contributed by atoms with Gasteiger partial charge in [-0.25, -0.2) is 4.98 Å². The molecule has 158 valence electrons. The molecule has 3 rings (SSSR count). The van der Waals surface area contributed by atoms with Gasteiger partial charge in [-0.3, -0.25) is 19.0 Å². The predicted octanol–water partition coefficient (Wildman–Crippen LogP) is 3.69. The quantitative estimate of drug-likeness (QED) is 0.394. The number of amides is 2. The Balaban J connectivity index is 1.78. The summed E-state index contributed by atoms with van der Waals surface area (Å²) in [5.41, 5.74) is 3.00. The molecule has 0 spiro atoms. The van der Waals surface area contributed by atoms with E-state index in [0.29, 0.717) is 27.6 Å². The zero-order valence-corrected chi connectivity index (χ0v) is 18.2. The third-order valence-corrected chi connectivity index (χ3v) is 5.57. The third-order valence-electron chi connectivity index (χ3n) is 4.62. The van der Waals surface area contributed by atoms with Gasteiger partial charge in [0.05, 0.1) is 11.3 Å². The first-order valence-corrected chi connectivity index (χ1v) is 10.7. The average Bonchev–Trinajstić information content (AvgIpc) is 3.06. The van der Waals surface area contributed by atoms with Gasteiger partial charge in [0.1, 0.15) is 5.52 Å². The fourth-order valence-electron chi connectivity index (χ4n) is 3.07. The summed E-state index contributed by atoms with van der Waals surface area (Å²) in [6.45, 7) is 7.27. The first-order valence-electron chi connectivity index (χ1n) is 9.70. The smallest absolute Gasteiger partial charge is 0.278 e. The molecular weight excluding hydrogens is 402 g/mol. The number of rotatable bonds is 7. The van der Waals surface area contributed by atoms with Crippen molar-refractivity contribution >= 4 is 46.0 Å². The van der Waals surface area contributed by atoms with Crippen molar-refractivity contribution in [3.05, 3.63) is 46.4 Å². The zero-order chi connectivity index (χ0) is 21.8. The molecule has 0 aliphatic heterocycles. The number of carbonyl (C=O) groups excluding carboxylic acids is 2. The number of nitrogens with one attached hydrogen (secondary N) is 3. The monoisotopic (exact) mass is 427 g/mol. The third kappa shape index (κ3) is 4.91. The average molecular weight is 428 g/mol. The van der Waals surface area contributed by atoms with Crippen LogP contribution >= 0.6 is 11.8 Å². The van der Waals surface area contributed by atoms with E-state index < -0.39 is 0 Å². The van der Waals surface area contributed by atoms with Crippen molar-refractivity contribution in [1.82, 2.24) is 14.5 Å². The largest absolute Gasteiger partial charge is 0.353 e. The number of aromatic nitrogens is 3. The molecule has 9 heteroatoms. The highest BCUT2D eigenvalue weighted by Gasteiger charge is 2.18. The van der Waals surface area contributed by atoms with Crippen LogP contribution in [0, 0.1) is 6.92 Å². The fourth-order valence-corrected chi connectivity index (χ4v) is 3.97. The lowest BCUT2D eigenvalue weighted by atomic mass is 10.2. The standard InChI is InChI=1S/C21H25N5O3S/c1-5-13(3)26-20(29)19-17(9-12(2)22-19)25-21(26)30-11-18(28)24-16-8-6-7-15(10-16)23-14(4)27/h6-10,13,22H,5,11H2,1-4H3,(H,23,27)(H,24,28)/t13-/m0/s1. The minimum atomic E-state index is -0.227. The number of carbonyl (C=O) groups is 2. The van der Waals surface area contributed by atoms with Gasteiger partial charge >= 0.3 is 0 Å². The molecule has 3 aromatic rings. The van der Waals surface area contributed by atoms with E-state index in [0.717, 1.165) is 12.1 Å².